The van der Waals surface area contributed by atoms with E-state index in [1.54, 1.807) is 18.2 Å². The minimum absolute atomic E-state index is 0.00704. The van der Waals surface area contributed by atoms with Gasteiger partial charge in [-0.1, -0.05) is 18.2 Å². The lowest BCUT2D eigenvalue weighted by atomic mass is 10.1. The first kappa shape index (κ1) is 9.64. The predicted octanol–water partition coefficient (Wildman–Crippen LogP) is 1.50. The van der Waals surface area contributed by atoms with Gasteiger partial charge < -0.3 is 4.90 Å². The van der Waals surface area contributed by atoms with E-state index in [2.05, 4.69) is 5.32 Å². The molecule has 1 atom stereocenters. The molecule has 4 nitrogen and oxygen atoms in total. The van der Waals surface area contributed by atoms with Crippen LogP contribution in [0.1, 0.15) is 11.6 Å². The summed E-state index contributed by atoms with van der Waals surface area (Å²) in [7, 11) is 1.54. The van der Waals surface area contributed by atoms with Gasteiger partial charge >= 0.3 is 6.03 Å². The maximum Gasteiger partial charge on any atom is 0.323 e. The van der Waals surface area contributed by atoms with Crippen molar-refractivity contribution < 1.29 is 9.18 Å². The van der Waals surface area contributed by atoms with Crippen molar-refractivity contribution in [3.05, 3.63) is 35.6 Å². The summed E-state index contributed by atoms with van der Waals surface area (Å²) < 4.78 is 13.5. The lowest BCUT2D eigenvalue weighted by Crippen LogP contribution is -2.25. The zero-order chi connectivity index (χ0) is 11.0. The average Bonchev–Trinajstić information content (AvgIpc) is 2.43. The highest BCUT2D eigenvalue weighted by molar-refractivity contribution is 6.05. The molecule has 2 rings (SSSR count). The number of amides is 2. The third kappa shape index (κ3) is 1.45. The molecule has 15 heavy (non-hydrogen) atoms. The Balaban J connectivity index is 2.43. The Bertz CT molecular complexity index is 432. The van der Waals surface area contributed by atoms with Gasteiger partial charge in [-0.3, -0.25) is 10.7 Å². The van der Waals surface area contributed by atoms with Crippen molar-refractivity contribution in [2.75, 3.05) is 7.05 Å². The van der Waals surface area contributed by atoms with E-state index in [-0.39, 0.29) is 11.9 Å². The molecule has 2 amide bonds. The summed E-state index contributed by atoms with van der Waals surface area (Å²) in [5, 5.41) is 9.91. The highest BCUT2D eigenvalue weighted by Gasteiger charge is 2.35. The number of halogens is 1. The molecule has 1 unspecified atom stereocenters. The van der Waals surface area contributed by atoms with Gasteiger partial charge in [0.05, 0.1) is 0 Å². The van der Waals surface area contributed by atoms with Gasteiger partial charge in [-0.2, -0.15) is 0 Å². The van der Waals surface area contributed by atoms with Crippen molar-refractivity contribution in [3.63, 3.8) is 0 Å². The second kappa shape index (κ2) is 3.34. The zero-order valence-corrected chi connectivity index (χ0v) is 8.12. The van der Waals surface area contributed by atoms with Crippen LogP contribution in [-0.2, 0) is 0 Å². The van der Waals surface area contributed by atoms with Crippen LogP contribution in [0.5, 0.6) is 0 Å². The molecule has 1 saturated heterocycles. The zero-order valence-electron chi connectivity index (χ0n) is 8.12. The van der Waals surface area contributed by atoms with Crippen molar-refractivity contribution in [1.29, 1.82) is 5.41 Å². The molecular weight excluding hydrogens is 197 g/mol. The van der Waals surface area contributed by atoms with Gasteiger partial charge in [0.1, 0.15) is 17.7 Å². The number of nitrogens with zero attached hydrogens (tertiary/aromatic N) is 1. The first-order valence-corrected chi connectivity index (χ1v) is 4.48. The van der Waals surface area contributed by atoms with Gasteiger partial charge in [0.15, 0.2) is 0 Å². The number of likely N-dealkylation sites (N-methyl/N-ethyl adjacent to an activating group) is 1. The number of urea groups is 1. The van der Waals surface area contributed by atoms with Gasteiger partial charge in [0.2, 0.25) is 0 Å². The minimum Gasteiger partial charge on any atom is -0.313 e. The van der Waals surface area contributed by atoms with E-state index >= 15 is 0 Å². The third-order valence-corrected chi connectivity index (χ3v) is 2.42. The quantitative estimate of drug-likeness (QED) is 0.720. The van der Waals surface area contributed by atoms with E-state index in [0.717, 1.165) is 0 Å². The third-order valence-electron chi connectivity index (χ3n) is 2.42. The smallest absolute Gasteiger partial charge is 0.313 e. The summed E-state index contributed by atoms with van der Waals surface area (Å²) in [6.45, 7) is 0. The van der Waals surface area contributed by atoms with Crippen LogP contribution in [0.15, 0.2) is 24.3 Å². The van der Waals surface area contributed by atoms with Crippen molar-refractivity contribution in [2.24, 2.45) is 0 Å². The largest absolute Gasteiger partial charge is 0.323 e. The Hall–Kier alpha value is -1.91. The average molecular weight is 207 g/mol. The summed E-state index contributed by atoms with van der Waals surface area (Å²) in [5.74, 6) is -0.400. The molecule has 1 aromatic carbocycles. The van der Waals surface area contributed by atoms with E-state index in [4.69, 9.17) is 5.41 Å². The number of carbonyl (C=O) groups is 1. The minimum atomic E-state index is -0.640. The number of carbonyl (C=O) groups excluding carboxylic acids is 1. The molecule has 2 N–H and O–H groups in total. The lowest BCUT2D eigenvalue weighted by molar-refractivity contribution is 0.217. The summed E-state index contributed by atoms with van der Waals surface area (Å²) in [6, 6.07) is 5.13. The molecule has 1 aliphatic rings. The molecular formula is C10H10FN3O. The van der Waals surface area contributed by atoms with Gasteiger partial charge in [-0.05, 0) is 6.07 Å². The molecule has 0 aliphatic carbocycles. The molecule has 1 aliphatic heterocycles. The summed E-state index contributed by atoms with van der Waals surface area (Å²) >= 11 is 0. The molecule has 0 radical (unpaired) electrons. The van der Waals surface area contributed by atoms with E-state index in [1.165, 1.54) is 18.0 Å². The number of hydrogen-bond donors (Lipinski definition) is 2. The molecule has 5 heteroatoms. The fourth-order valence-corrected chi connectivity index (χ4v) is 1.64. The monoisotopic (exact) mass is 207 g/mol. The van der Waals surface area contributed by atoms with E-state index in [1.807, 2.05) is 0 Å². The molecule has 0 aromatic heterocycles. The predicted molar refractivity (Wildman–Crippen MR) is 53.2 cm³/mol. The fourth-order valence-electron chi connectivity index (χ4n) is 1.64. The van der Waals surface area contributed by atoms with Gasteiger partial charge in [-0.25, -0.2) is 9.18 Å². The Morgan fingerprint density at radius 3 is 2.67 bits per heavy atom. The normalized spacial score (nSPS) is 20.7. The van der Waals surface area contributed by atoms with Crippen LogP contribution in [-0.4, -0.2) is 23.8 Å². The topological polar surface area (TPSA) is 56.2 Å². The lowest BCUT2D eigenvalue weighted by Gasteiger charge is -2.18. The van der Waals surface area contributed by atoms with E-state index in [0.29, 0.717) is 5.56 Å². The fraction of sp³-hybridized carbons (Fsp3) is 0.200. The summed E-state index contributed by atoms with van der Waals surface area (Å²) in [4.78, 5) is 12.5. The first-order valence-electron chi connectivity index (χ1n) is 4.48. The van der Waals surface area contributed by atoms with E-state index in [9.17, 15) is 9.18 Å². The Kier molecular flexibility index (Phi) is 2.15. The van der Waals surface area contributed by atoms with E-state index < -0.39 is 11.9 Å². The van der Waals surface area contributed by atoms with Crippen LogP contribution in [0.4, 0.5) is 9.18 Å². The van der Waals surface area contributed by atoms with Gasteiger partial charge in [0.25, 0.3) is 0 Å². The molecule has 1 aromatic rings. The number of nitrogens with one attached hydrogen (secondary N) is 2. The molecule has 0 saturated carbocycles. The van der Waals surface area contributed by atoms with Gasteiger partial charge in [0, 0.05) is 12.6 Å². The number of amidine groups is 1. The number of benzene rings is 1. The number of hydrogen-bond acceptors (Lipinski definition) is 2. The Morgan fingerprint density at radius 1 is 1.47 bits per heavy atom. The van der Waals surface area contributed by atoms with Crippen LogP contribution in [0.3, 0.4) is 0 Å². The van der Waals surface area contributed by atoms with Crippen molar-refractivity contribution in [1.82, 2.24) is 10.2 Å². The SMILES string of the molecule is CN1C(=O)NC(=N)C1c1ccccc1F. The molecule has 0 bridgehead atoms. The molecule has 78 valence electrons. The van der Waals surface area contributed by atoms with Crippen LogP contribution >= 0.6 is 0 Å². The van der Waals surface area contributed by atoms with Crippen molar-refractivity contribution in [3.8, 4) is 0 Å². The van der Waals surface area contributed by atoms with Crippen LogP contribution in [0, 0.1) is 11.2 Å². The van der Waals surface area contributed by atoms with Crippen LogP contribution < -0.4 is 5.32 Å². The standard InChI is InChI=1S/C10H10FN3O/c1-14-8(9(12)13-10(14)15)6-4-2-3-5-7(6)11/h2-5,8H,1H3,(H2,12,13,15). The molecule has 1 heterocycles. The second-order valence-electron chi connectivity index (χ2n) is 3.38. The van der Waals surface area contributed by atoms with Gasteiger partial charge in [-0.15, -0.1) is 0 Å². The van der Waals surface area contributed by atoms with Crippen molar-refractivity contribution >= 4 is 11.9 Å². The summed E-state index contributed by atoms with van der Waals surface area (Å²) in [6.07, 6.45) is 0. The van der Waals surface area contributed by atoms with Crippen LogP contribution in [0.2, 0.25) is 0 Å². The maximum absolute atomic E-state index is 13.5. The summed E-state index contributed by atoms with van der Waals surface area (Å²) in [5.41, 5.74) is 0.336. The second-order valence-corrected chi connectivity index (χ2v) is 3.38. The molecule has 0 spiro atoms. The highest BCUT2D eigenvalue weighted by atomic mass is 19.1. The van der Waals surface area contributed by atoms with Crippen molar-refractivity contribution in [2.45, 2.75) is 6.04 Å². The van der Waals surface area contributed by atoms with Crippen LogP contribution in [0.25, 0.3) is 0 Å². The molecule has 1 fully saturated rings. The maximum atomic E-state index is 13.5. The number of rotatable bonds is 1. The highest BCUT2D eigenvalue weighted by Crippen LogP contribution is 2.25. The Labute approximate surface area is 86.2 Å². The first-order chi connectivity index (χ1) is 7.11. The Morgan fingerprint density at radius 2 is 2.13 bits per heavy atom.